The number of anilines is 3. The molecule has 0 saturated heterocycles. The number of nitrogen functional groups attached to an aromatic ring is 1. The van der Waals surface area contributed by atoms with E-state index in [4.69, 9.17) is 25.8 Å². The number of pyridine rings is 1. The van der Waals surface area contributed by atoms with Crippen LogP contribution in [0.4, 0.5) is 35.2 Å². The molecule has 3 heterocycles. The third-order valence-corrected chi connectivity index (χ3v) is 7.68. The van der Waals surface area contributed by atoms with Crippen LogP contribution in [0.1, 0.15) is 30.9 Å². The van der Waals surface area contributed by atoms with Crippen LogP contribution in [0, 0.1) is 0 Å². The molecule has 2 aromatic carbocycles. The number of urea groups is 1. The number of benzene rings is 2. The second-order valence-corrected chi connectivity index (χ2v) is 10.8. The van der Waals surface area contributed by atoms with Crippen molar-refractivity contribution in [1.82, 2.24) is 24.8 Å². The number of nitrogens with two attached hydrogens (primary N) is 2. The largest absolute Gasteiger partial charge is 0.493 e. The molecule has 0 aliphatic heterocycles. The Balaban J connectivity index is 1.43. The number of halogens is 3. The van der Waals surface area contributed by atoms with Gasteiger partial charge < -0.3 is 30.9 Å². The molecular formula is C31H30F3N9O5. The SMILES string of the molecule is CCn1c(-c2nonc2N)nc2c(-c3cccc(N(OC(=O)C(F)(F)F)C(=O)Nc4ccc5c(c4)CCC5)c3)ncc(OCCCN)c21. The molecule has 2 amide bonds. The number of nitrogens with one attached hydrogen (secondary N) is 1. The molecule has 0 atom stereocenters. The van der Waals surface area contributed by atoms with Crippen molar-refractivity contribution in [2.75, 3.05) is 29.3 Å². The molecular weight excluding hydrogens is 635 g/mol. The van der Waals surface area contributed by atoms with Crippen LogP contribution in [0.15, 0.2) is 53.3 Å². The van der Waals surface area contributed by atoms with Gasteiger partial charge >= 0.3 is 18.2 Å². The zero-order chi connectivity index (χ0) is 34.0. The first kappa shape index (κ1) is 32.2. The summed E-state index contributed by atoms with van der Waals surface area (Å²) in [6.07, 6.45) is -0.671. The topological polar surface area (TPSA) is 190 Å². The van der Waals surface area contributed by atoms with Gasteiger partial charge in [0.15, 0.2) is 23.1 Å². The summed E-state index contributed by atoms with van der Waals surface area (Å²) in [5.74, 6) is -1.90. The molecule has 5 aromatic rings. The van der Waals surface area contributed by atoms with Crippen molar-refractivity contribution in [3.63, 3.8) is 0 Å². The van der Waals surface area contributed by atoms with Gasteiger partial charge in [0.25, 0.3) is 0 Å². The first-order valence-electron chi connectivity index (χ1n) is 15.0. The van der Waals surface area contributed by atoms with Crippen molar-refractivity contribution in [2.24, 2.45) is 5.73 Å². The molecule has 0 fully saturated rings. The van der Waals surface area contributed by atoms with E-state index in [0.717, 1.165) is 30.4 Å². The first-order chi connectivity index (χ1) is 23.1. The third-order valence-electron chi connectivity index (χ3n) is 7.68. The maximum atomic E-state index is 13.4. The van der Waals surface area contributed by atoms with Gasteiger partial charge in [0.1, 0.15) is 11.0 Å². The number of hydrogen-bond acceptors (Lipinski definition) is 11. The van der Waals surface area contributed by atoms with Crippen LogP contribution in [0.2, 0.25) is 0 Å². The maximum absolute atomic E-state index is 13.4. The Labute approximate surface area is 270 Å². The van der Waals surface area contributed by atoms with E-state index in [1.807, 2.05) is 13.0 Å². The van der Waals surface area contributed by atoms with Crippen LogP contribution >= 0.6 is 0 Å². The van der Waals surface area contributed by atoms with E-state index in [9.17, 15) is 22.8 Å². The van der Waals surface area contributed by atoms with Gasteiger partial charge in [0.2, 0.25) is 0 Å². The average Bonchev–Trinajstić information content (AvgIpc) is 3.81. The fraction of sp³-hybridized carbons (Fsp3) is 0.290. The molecule has 0 radical (unpaired) electrons. The number of ether oxygens (including phenoxy) is 1. The van der Waals surface area contributed by atoms with Crippen LogP contribution in [0.3, 0.4) is 0 Å². The highest BCUT2D eigenvalue weighted by Crippen LogP contribution is 2.38. The Morgan fingerprint density at radius 1 is 1.10 bits per heavy atom. The average molecular weight is 666 g/mol. The standard InChI is InChI=1S/C31H30F3N9O5/c1-2-42-26-22(46-13-5-12-35)16-37-23(24(26)39-28(42)25-27(36)41-48-40-25)19-8-4-9-21(15-19)43(47-29(44)31(32,33)34)30(45)38-20-11-10-17-6-3-7-18(17)14-20/h4,8-11,14-16H,2-3,5-7,12-13,35H2,1H3,(H2,36,41)(H,38,45). The maximum Gasteiger partial charge on any atom is 0.493 e. The van der Waals surface area contributed by atoms with Gasteiger partial charge in [-0.3, -0.25) is 0 Å². The number of alkyl halides is 3. The number of hydrogen-bond donors (Lipinski definition) is 3. The van der Waals surface area contributed by atoms with Crippen LogP contribution in [0.5, 0.6) is 5.75 Å². The van der Waals surface area contributed by atoms with E-state index in [1.165, 1.54) is 24.4 Å². The number of imidazole rings is 1. The van der Waals surface area contributed by atoms with E-state index < -0.39 is 18.2 Å². The summed E-state index contributed by atoms with van der Waals surface area (Å²) < 4.78 is 52.6. The van der Waals surface area contributed by atoms with Gasteiger partial charge in [-0.05, 0) is 84.9 Å². The molecule has 14 nitrogen and oxygen atoms in total. The molecule has 1 aliphatic carbocycles. The van der Waals surface area contributed by atoms with Gasteiger partial charge in [-0.15, -0.1) is 5.06 Å². The number of rotatable bonds is 9. The zero-order valence-electron chi connectivity index (χ0n) is 25.6. The van der Waals surface area contributed by atoms with E-state index >= 15 is 0 Å². The predicted molar refractivity (Wildman–Crippen MR) is 168 cm³/mol. The summed E-state index contributed by atoms with van der Waals surface area (Å²) >= 11 is 0. The highest BCUT2D eigenvalue weighted by atomic mass is 19.4. The summed E-state index contributed by atoms with van der Waals surface area (Å²) in [5.41, 5.74) is 15.5. The molecule has 0 bridgehead atoms. The van der Waals surface area contributed by atoms with Gasteiger partial charge in [-0.1, -0.05) is 18.2 Å². The van der Waals surface area contributed by atoms with Crippen molar-refractivity contribution in [3.05, 3.63) is 59.8 Å². The molecule has 5 N–H and O–H groups in total. The number of aromatic nitrogens is 5. The molecule has 48 heavy (non-hydrogen) atoms. The Kier molecular flexibility index (Phi) is 8.86. The lowest BCUT2D eigenvalue weighted by molar-refractivity contribution is -0.199. The number of amides is 2. The zero-order valence-corrected chi connectivity index (χ0v) is 25.6. The molecule has 0 spiro atoms. The van der Waals surface area contributed by atoms with Crippen molar-refractivity contribution < 1.29 is 37.0 Å². The number of hydroxylamine groups is 1. The van der Waals surface area contributed by atoms with Crippen molar-refractivity contribution >= 4 is 40.2 Å². The third kappa shape index (κ3) is 6.31. The minimum Gasteiger partial charge on any atom is -0.490 e. The smallest absolute Gasteiger partial charge is 0.490 e. The van der Waals surface area contributed by atoms with Crippen molar-refractivity contribution in [2.45, 2.75) is 45.3 Å². The quantitative estimate of drug-likeness (QED) is 0.141. The lowest BCUT2D eigenvalue weighted by Gasteiger charge is -2.22. The van der Waals surface area contributed by atoms with Gasteiger partial charge in [0.05, 0.1) is 24.2 Å². The number of carbonyl (C=O) groups excluding carboxylic acids is 2. The Morgan fingerprint density at radius 2 is 1.92 bits per heavy atom. The molecule has 0 unspecified atom stereocenters. The van der Waals surface area contributed by atoms with E-state index in [2.05, 4.69) is 25.5 Å². The van der Waals surface area contributed by atoms with Crippen LogP contribution < -0.4 is 26.6 Å². The second kappa shape index (κ2) is 13.2. The summed E-state index contributed by atoms with van der Waals surface area (Å²) in [6.45, 7) is 2.94. The van der Waals surface area contributed by atoms with E-state index in [1.54, 1.807) is 22.8 Å². The molecule has 3 aromatic heterocycles. The highest BCUT2D eigenvalue weighted by Gasteiger charge is 2.44. The number of carbonyl (C=O) groups is 2. The van der Waals surface area contributed by atoms with Crippen LogP contribution in [-0.4, -0.2) is 56.2 Å². The molecule has 6 rings (SSSR count). The lowest BCUT2D eigenvalue weighted by atomic mass is 10.1. The Hall–Kier alpha value is -5.71. The van der Waals surface area contributed by atoms with E-state index in [0.29, 0.717) is 60.0 Å². The normalized spacial score (nSPS) is 12.6. The number of aryl methyl sites for hydroxylation is 3. The molecule has 1 aliphatic rings. The molecule has 0 saturated carbocycles. The fourth-order valence-electron chi connectivity index (χ4n) is 5.48. The predicted octanol–water partition coefficient (Wildman–Crippen LogP) is 5.03. The fourth-order valence-corrected chi connectivity index (χ4v) is 5.48. The monoisotopic (exact) mass is 665 g/mol. The van der Waals surface area contributed by atoms with Crippen molar-refractivity contribution in [1.29, 1.82) is 0 Å². The van der Waals surface area contributed by atoms with Crippen molar-refractivity contribution in [3.8, 4) is 28.5 Å². The Bertz CT molecular complexity index is 1990. The van der Waals surface area contributed by atoms with Gasteiger partial charge in [0, 0.05) is 17.8 Å². The summed E-state index contributed by atoms with van der Waals surface area (Å²) in [5, 5.41) is 10.3. The van der Waals surface area contributed by atoms with Gasteiger partial charge in [-0.25, -0.2) is 24.2 Å². The summed E-state index contributed by atoms with van der Waals surface area (Å²) in [4.78, 5) is 39.4. The lowest BCUT2D eigenvalue weighted by Crippen LogP contribution is -2.41. The minimum absolute atomic E-state index is 0.00128. The van der Waals surface area contributed by atoms with E-state index in [-0.39, 0.29) is 28.0 Å². The minimum atomic E-state index is -5.38. The van der Waals surface area contributed by atoms with Crippen LogP contribution in [-0.2, 0) is 29.0 Å². The second-order valence-electron chi connectivity index (χ2n) is 10.8. The van der Waals surface area contributed by atoms with Crippen LogP contribution in [0.25, 0.3) is 33.8 Å². The number of nitrogens with zero attached hydrogens (tertiary/aromatic N) is 6. The molecule has 17 heteroatoms. The summed E-state index contributed by atoms with van der Waals surface area (Å²) in [6, 6.07) is 9.84. The number of fused-ring (bicyclic) bond motifs is 2. The highest BCUT2D eigenvalue weighted by molar-refractivity contribution is 6.03. The Morgan fingerprint density at radius 3 is 2.65 bits per heavy atom. The molecule has 250 valence electrons. The summed E-state index contributed by atoms with van der Waals surface area (Å²) in [7, 11) is 0. The van der Waals surface area contributed by atoms with Gasteiger partial charge in [-0.2, -0.15) is 13.2 Å². The first-order valence-corrected chi connectivity index (χ1v) is 15.0.